The summed E-state index contributed by atoms with van der Waals surface area (Å²) in [6, 6.07) is 9.96. The van der Waals surface area contributed by atoms with Crippen LogP contribution in [-0.4, -0.2) is 22.2 Å². The molecule has 0 aromatic heterocycles. The molecule has 0 saturated carbocycles. The Morgan fingerprint density at radius 1 is 0.950 bits per heavy atom. The fraction of sp³-hybridized carbons (Fsp3) is 0. The minimum Gasteiger partial charge on any atom is -0.478 e. The molecule has 0 radical (unpaired) electrons. The van der Waals surface area contributed by atoms with Crippen molar-refractivity contribution in [2.75, 3.05) is 0 Å². The number of halogens is 1. The number of carboxylic acid groups (broad SMARTS) is 2. The Labute approximate surface area is 119 Å². The Bertz CT molecular complexity index is 664. The summed E-state index contributed by atoms with van der Waals surface area (Å²) in [4.78, 5) is 21.8. The normalized spacial score (nSPS) is 10.1. The summed E-state index contributed by atoms with van der Waals surface area (Å²) >= 11 is 5.92. The van der Waals surface area contributed by atoms with E-state index in [9.17, 15) is 9.59 Å². The number of ether oxygens (including phenoxy) is 1. The van der Waals surface area contributed by atoms with Crippen LogP contribution in [0.4, 0.5) is 0 Å². The lowest BCUT2D eigenvalue weighted by molar-refractivity contribution is 0.0685. The van der Waals surface area contributed by atoms with E-state index in [2.05, 4.69) is 0 Å². The van der Waals surface area contributed by atoms with Crippen molar-refractivity contribution in [2.45, 2.75) is 0 Å². The number of para-hydroxylation sites is 1. The maximum Gasteiger partial charge on any atom is 0.339 e. The first kappa shape index (κ1) is 13.9. The second-order valence-corrected chi connectivity index (χ2v) is 4.26. The molecular formula is C14H9ClO5. The summed E-state index contributed by atoms with van der Waals surface area (Å²) in [7, 11) is 0. The molecule has 0 bridgehead atoms. The van der Waals surface area contributed by atoms with Crippen LogP contribution in [-0.2, 0) is 0 Å². The van der Waals surface area contributed by atoms with Gasteiger partial charge in [0.2, 0.25) is 0 Å². The lowest BCUT2D eigenvalue weighted by Gasteiger charge is -2.10. The molecule has 6 heteroatoms. The average molecular weight is 293 g/mol. The van der Waals surface area contributed by atoms with Gasteiger partial charge >= 0.3 is 11.9 Å². The summed E-state index contributed by atoms with van der Waals surface area (Å²) in [5.74, 6) is -1.90. The minimum absolute atomic E-state index is 0.0183. The molecule has 0 spiro atoms. The van der Waals surface area contributed by atoms with E-state index >= 15 is 0 Å². The molecule has 5 nitrogen and oxygen atoms in total. The van der Waals surface area contributed by atoms with Gasteiger partial charge in [0.25, 0.3) is 0 Å². The van der Waals surface area contributed by atoms with Gasteiger partial charge in [0.1, 0.15) is 11.3 Å². The zero-order valence-corrected chi connectivity index (χ0v) is 10.8. The lowest BCUT2D eigenvalue weighted by atomic mass is 10.2. The van der Waals surface area contributed by atoms with E-state index in [1.165, 1.54) is 42.5 Å². The fourth-order valence-electron chi connectivity index (χ4n) is 1.56. The van der Waals surface area contributed by atoms with Crippen LogP contribution in [0.2, 0.25) is 5.02 Å². The van der Waals surface area contributed by atoms with Crippen LogP contribution >= 0.6 is 11.6 Å². The molecule has 2 aromatic rings. The summed E-state index contributed by atoms with van der Waals surface area (Å²) in [6.07, 6.45) is 0. The van der Waals surface area contributed by atoms with E-state index in [0.29, 0.717) is 5.75 Å². The first-order valence-electron chi connectivity index (χ1n) is 5.52. The molecule has 0 aliphatic heterocycles. The summed E-state index contributed by atoms with van der Waals surface area (Å²) in [5, 5.41) is 18.0. The maximum atomic E-state index is 11.1. The van der Waals surface area contributed by atoms with Gasteiger partial charge in [-0.05, 0) is 36.4 Å². The van der Waals surface area contributed by atoms with Crippen molar-refractivity contribution in [3.8, 4) is 11.5 Å². The molecule has 0 aliphatic carbocycles. The molecule has 2 aromatic carbocycles. The van der Waals surface area contributed by atoms with Gasteiger partial charge in [-0.15, -0.1) is 0 Å². The Hall–Kier alpha value is -2.53. The number of aromatic carboxylic acids is 2. The van der Waals surface area contributed by atoms with E-state index in [4.69, 9.17) is 26.6 Å². The van der Waals surface area contributed by atoms with Gasteiger partial charge in [0.15, 0.2) is 5.75 Å². The molecule has 0 atom stereocenters. The molecule has 20 heavy (non-hydrogen) atoms. The van der Waals surface area contributed by atoms with Crippen molar-refractivity contribution < 1.29 is 24.5 Å². The minimum atomic E-state index is -1.16. The van der Waals surface area contributed by atoms with Crippen molar-refractivity contribution in [1.29, 1.82) is 0 Å². The van der Waals surface area contributed by atoms with Crippen molar-refractivity contribution in [3.63, 3.8) is 0 Å². The second kappa shape index (κ2) is 5.63. The van der Waals surface area contributed by atoms with E-state index in [0.717, 1.165) is 0 Å². The van der Waals surface area contributed by atoms with Gasteiger partial charge in [-0.1, -0.05) is 17.7 Å². The van der Waals surface area contributed by atoms with Gasteiger partial charge in [0.05, 0.1) is 10.6 Å². The Balaban J connectivity index is 2.34. The van der Waals surface area contributed by atoms with E-state index in [1.54, 1.807) is 0 Å². The average Bonchev–Trinajstić information content (AvgIpc) is 2.41. The predicted octanol–water partition coefficient (Wildman–Crippen LogP) is 3.53. The molecule has 0 unspecified atom stereocenters. The topological polar surface area (TPSA) is 83.8 Å². The molecule has 0 aliphatic rings. The van der Waals surface area contributed by atoms with Gasteiger partial charge in [-0.2, -0.15) is 0 Å². The van der Waals surface area contributed by atoms with Crippen LogP contribution in [0.3, 0.4) is 0 Å². The number of hydrogen-bond donors (Lipinski definition) is 2. The first-order chi connectivity index (χ1) is 9.49. The van der Waals surface area contributed by atoms with Crippen molar-refractivity contribution in [1.82, 2.24) is 0 Å². The van der Waals surface area contributed by atoms with Crippen molar-refractivity contribution >= 4 is 23.5 Å². The summed E-state index contributed by atoms with van der Waals surface area (Å²) < 4.78 is 5.43. The fourth-order valence-corrected chi connectivity index (χ4v) is 1.78. The number of carbonyl (C=O) groups is 2. The van der Waals surface area contributed by atoms with E-state index < -0.39 is 11.9 Å². The monoisotopic (exact) mass is 292 g/mol. The molecule has 102 valence electrons. The van der Waals surface area contributed by atoms with E-state index in [-0.39, 0.29) is 21.9 Å². The highest BCUT2D eigenvalue weighted by Gasteiger charge is 2.15. The largest absolute Gasteiger partial charge is 0.478 e. The van der Waals surface area contributed by atoms with Gasteiger partial charge in [0, 0.05) is 0 Å². The van der Waals surface area contributed by atoms with Crippen molar-refractivity contribution in [3.05, 3.63) is 58.6 Å². The third-order valence-corrected chi connectivity index (χ3v) is 2.82. The summed E-state index contributed by atoms with van der Waals surface area (Å²) in [5.41, 5.74) is 0.0368. The van der Waals surface area contributed by atoms with Crippen LogP contribution in [0.15, 0.2) is 42.5 Å². The predicted molar refractivity (Wildman–Crippen MR) is 71.9 cm³/mol. The van der Waals surface area contributed by atoms with Crippen LogP contribution < -0.4 is 4.74 Å². The number of hydrogen-bond acceptors (Lipinski definition) is 3. The van der Waals surface area contributed by atoms with Crippen molar-refractivity contribution in [2.24, 2.45) is 0 Å². The third kappa shape index (κ3) is 2.89. The summed E-state index contributed by atoms with van der Waals surface area (Å²) in [6.45, 7) is 0. The molecule has 2 rings (SSSR count). The molecule has 0 saturated heterocycles. The zero-order chi connectivity index (χ0) is 14.7. The quantitative estimate of drug-likeness (QED) is 0.900. The SMILES string of the molecule is O=C(O)c1ccc(Oc2c(Cl)cccc2C(=O)O)cc1. The Morgan fingerprint density at radius 2 is 1.60 bits per heavy atom. The molecular weight excluding hydrogens is 284 g/mol. The second-order valence-electron chi connectivity index (χ2n) is 3.85. The highest BCUT2D eigenvalue weighted by molar-refractivity contribution is 6.32. The molecule has 0 fully saturated rings. The van der Waals surface area contributed by atoms with Crippen LogP contribution in [0.5, 0.6) is 11.5 Å². The highest BCUT2D eigenvalue weighted by atomic mass is 35.5. The molecule has 0 amide bonds. The zero-order valence-electron chi connectivity index (χ0n) is 10.0. The Morgan fingerprint density at radius 3 is 2.15 bits per heavy atom. The number of rotatable bonds is 4. The van der Waals surface area contributed by atoms with Crippen LogP contribution in [0.25, 0.3) is 0 Å². The first-order valence-corrected chi connectivity index (χ1v) is 5.90. The molecule has 2 N–H and O–H groups in total. The van der Waals surface area contributed by atoms with Gasteiger partial charge in [-0.3, -0.25) is 0 Å². The third-order valence-electron chi connectivity index (χ3n) is 2.52. The smallest absolute Gasteiger partial charge is 0.339 e. The molecule has 0 heterocycles. The lowest BCUT2D eigenvalue weighted by Crippen LogP contribution is -2.01. The van der Waals surface area contributed by atoms with Gasteiger partial charge in [-0.25, -0.2) is 9.59 Å². The van der Waals surface area contributed by atoms with Crippen LogP contribution in [0, 0.1) is 0 Å². The Kier molecular flexibility index (Phi) is 3.91. The maximum absolute atomic E-state index is 11.1. The number of benzene rings is 2. The van der Waals surface area contributed by atoms with Crippen LogP contribution in [0.1, 0.15) is 20.7 Å². The number of carboxylic acids is 2. The standard InChI is InChI=1S/C14H9ClO5/c15-11-3-1-2-10(14(18)19)12(11)20-9-6-4-8(5-7-9)13(16)17/h1-7H,(H,16,17)(H,18,19). The van der Waals surface area contributed by atoms with Gasteiger partial charge < -0.3 is 14.9 Å². The highest BCUT2D eigenvalue weighted by Crippen LogP contribution is 2.33. The van der Waals surface area contributed by atoms with E-state index in [1.807, 2.05) is 0 Å².